The summed E-state index contributed by atoms with van der Waals surface area (Å²) >= 11 is 0. The summed E-state index contributed by atoms with van der Waals surface area (Å²) in [5.74, 6) is -1.02. The van der Waals surface area contributed by atoms with Crippen LogP contribution in [0, 0.1) is 11.3 Å². The number of aliphatic hydroxyl groups excluding tert-OH is 1. The van der Waals surface area contributed by atoms with Gasteiger partial charge in [0.15, 0.2) is 15.6 Å². The van der Waals surface area contributed by atoms with Crippen LogP contribution in [0.4, 0.5) is 0 Å². The molecule has 0 spiro atoms. The zero-order valence-corrected chi connectivity index (χ0v) is 12.8. The molecular weight excluding hydrogens is 288 g/mol. The number of carbonyl (C=O) groups is 1. The average Bonchev–Trinajstić information content (AvgIpc) is 2.84. The summed E-state index contributed by atoms with van der Waals surface area (Å²) in [5.41, 5.74) is 0.365. The molecule has 2 aliphatic rings. The monoisotopic (exact) mass is 306 g/mol. The predicted molar refractivity (Wildman–Crippen MR) is 78.4 cm³/mol. The molecule has 4 nitrogen and oxygen atoms in total. The van der Waals surface area contributed by atoms with E-state index in [1.165, 1.54) is 18.2 Å². The third-order valence-corrected chi connectivity index (χ3v) is 6.69. The second kappa shape index (κ2) is 4.52. The molecule has 1 aromatic rings. The summed E-state index contributed by atoms with van der Waals surface area (Å²) < 4.78 is 25.6. The van der Waals surface area contributed by atoms with E-state index in [0.717, 1.165) is 5.57 Å². The SMILES string of the molecule is CC1(C)CC2=CC(=O)[C@H](S(=O)(=O)c3ccccc3)[C@H]2[C@H]1O. The van der Waals surface area contributed by atoms with Gasteiger partial charge in [-0.1, -0.05) is 37.6 Å². The maximum absolute atomic E-state index is 12.8. The number of aliphatic hydroxyl groups is 1. The van der Waals surface area contributed by atoms with Crippen LogP contribution in [0.15, 0.2) is 46.9 Å². The molecule has 0 unspecified atom stereocenters. The first kappa shape index (κ1) is 14.5. The van der Waals surface area contributed by atoms with Crippen molar-refractivity contribution in [2.45, 2.75) is 36.5 Å². The lowest BCUT2D eigenvalue weighted by Crippen LogP contribution is -2.40. The maximum atomic E-state index is 12.8. The van der Waals surface area contributed by atoms with E-state index in [2.05, 4.69) is 0 Å². The van der Waals surface area contributed by atoms with Crippen LogP contribution in [0.1, 0.15) is 20.3 Å². The standard InChI is InChI=1S/C16H18O4S/c1-16(2)9-10-8-12(17)14(13(10)15(16)18)21(19,20)11-6-4-3-5-7-11/h3-8,13-15,18H,9H2,1-2H3/t13-,14-,15+/m0/s1. The lowest BCUT2D eigenvalue weighted by atomic mass is 9.86. The Morgan fingerprint density at radius 3 is 2.43 bits per heavy atom. The van der Waals surface area contributed by atoms with E-state index in [-0.39, 0.29) is 4.90 Å². The minimum absolute atomic E-state index is 0.134. The number of benzene rings is 1. The van der Waals surface area contributed by atoms with Crippen molar-refractivity contribution in [3.63, 3.8) is 0 Å². The Morgan fingerprint density at radius 1 is 1.19 bits per heavy atom. The lowest BCUT2D eigenvalue weighted by Gasteiger charge is -2.27. The van der Waals surface area contributed by atoms with Gasteiger partial charge in [-0.3, -0.25) is 4.79 Å². The topological polar surface area (TPSA) is 71.4 Å². The number of carbonyl (C=O) groups excluding carboxylic acids is 1. The molecule has 1 fully saturated rings. The Kier molecular flexibility index (Phi) is 3.11. The summed E-state index contributed by atoms with van der Waals surface area (Å²) in [4.78, 5) is 12.3. The van der Waals surface area contributed by atoms with Crippen molar-refractivity contribution in [1.82, 2.24) is 0 Å². The minimum Gasteiger partial charge on any atom is -0.392 e. The Bertz CT molecular complexity index is 716. The van der Waals surface area contributed by atoms with Crippen molar-refractivity contribution in [3.8, 4) is 0 Å². The minimum atomic E-state index is -3.79. The van der Waals surface area contributed by atoms with Gasteiger partial charge in [-0.2, -0.15) is 0 Å². The van der Waals surface area contributed by atoms with Crippen molar-refractivity contribution < 1.29 is 18.3 Å². The number of fused-ring (bicyclic) bond motifs is 1. The molecule has 0 radical (unpaired) electrons. The number of rotatable bonds is 2. The molecule has 0 heterocycles. The fourth-order valence-electron chi connectivity index (χ4n) is 3.49. The van der Waals surface area contributed by atoms with Crippen molar-refractivity contribution in [1.29, 1.82) is 0 Å². The van der Waals surface area contributed by atoms with Crippen LogP contribution >= 0.6 is 0 Å². The normalized spacial score (nSPS) is 31.1. The van der Waals surface area contributed by atoms with Crippen LogP contribution in [-0.4, -0.2) is 30.7 Å². The van der Waals surface area contributed by atoms with Crippen molar-refractivity contribution in [3.05, 3.63) is 42.0 Å². The van der Waals surface area contributed by atoms with Gasteiger partial charge in [0.2, 0.25) is 0 Å². The molecular formula is C16H18O4S. The maximum Gasteiger partial charge on any atom is 0.189 e. The Morgan fingerprint density at radius 2 is 1.81 bits per heavy atom. The molecule has 3 atom stereocenters. The van der Waals surface area contributed by atoms with Gasteiger partial charge in [0.25, 0.3) is 0 Å². The van der Waals surface area contributed by atoms with E-state index in [4.69, 9.17) is 0 Å². The molecule has 21 heavy (non-hydrogen) atoms. The van der Waals surface area contributed by atoms with Gasteiger partial charge in [-0.25, -0.2) is 8.42 Å². The van der Waals surface area contributed by atoms with Crippen LogP contribution in [-0.2, 0) is 14.6 Å². The average molecular weight is 306 g/mol. The van der Waals surface area contributed by atoms with Crippen molar-refractivity contribution in [2.24, 2.45) is 11.3 Å². The van der Waals surface area contributed by atoms with Gasteiger partial charge in [0, 0.05) is 5.92 Å². The van der Waals surface area contributed by atoms with E-state index >= 15 is 0 Å². The molecule has 0 aliphatic heterocycles. The number of sulfone groups is 1. The van der Waals surface area contributed by atoms with Crippen molar-refractivity contribution in [2.75, 3.05) is 0 Å². The summed E-state index contributed by atoms with van der Waals surface area (Å²) in [5, 5.41) is 9.28. The molecule has 0 bridgehead atoms. The summed E-state index contributed by atoms with van der Waals surface area (Å²) in [6.07, 6.45) is 1.16. The highest BCUT2D eigenvalue weighted by atomic mass is 32.2. The number of hydrogen-bond acceptors (Lipinski definition) is 4. The first-order valence-electron chi connectivity index (χ1n) is 6.96. The molecule has 3 rings (SSSR count). The van der Waals surface area contributed by atoms with Crippen molar-refractivity contribution >= 4 is 15.6 Å². The third kappa shape index (κ3) is 2.07. The van der Waals surface area contributed by atoms with Gasteiger partial charge in [-0.05, 0) is 30.0 Å². The van der Waals surface area contributed by atoms with Gasteiger partial charge in [-0.15, -0.1) is 0 Å². The largest absolute Gasteiger partial charge is 0.392 e. The number of hydrogen-bond donors (Lipinski definition) is 1. The quantitative estimate of drug-likeness (QED) is 0.903. The van der Waals surface area contributed by atoms with Gasteiger partial charge < -0.3 is 5.11 Å². The molecule has 2 aliphatic carbocycles. The zero-order chi connectivity index (χ0) is 15.4. The molecule has 0 saturated heterocycles. The van der Waals surface area contributed by atoms with Gasteiger partial charge in [0.05, 0.1) is 11.0 Å². The van der Waals surface area contributed by atoms with Crippen LogP contribution < -0.4 is 0 Å². The lowest BCUT2D eigenvalue weighted by molar-refractivity contribution is -0.115. The third-order valence-electron chi connectivity index (χ3n) is 4.57. The number of ketones is 1. The molecule has 0 amide bonds. The van der Waals surface area contributed by atoms with Gasteiger partial charge in [0.1, 0.15) is 5.25 Å². The Hall–Kier alpha value is -1.46. The number of allylic oxidation sites excluding steroid dienone is 1. The van der Waals surface area contributed by atoms with E-state index in [0.29, 0.717) is 6.42 Å². The Balaban J connectivity index is 2.06. The van der Waals surface area contributed by atoms with E-state index < -0.39 is 38.3 Å². The van der Waals surface area contributed by atoms with Crippen LogP contribution in [0.2, 0.25) is 0 Å². The molecule has 5 heteroatoms. The molecule has 0 aromatic heterocycles. The fourth-order valence-corrected chi connectivity index (χ4v) is 5.40. The summed E-state index contributed by atoms with van der Waals surface area (Å²) in [7, 11) is -3.79. The molecule has 112 valence electrons. The highest BCUT2D eigenvalue weighted by Gasteiger charge is 2.56. The van der Waals surface area contributed by atoms with Crippen LogP contribution in [0.25, 0.3) is 0 Å². The van der Waals surface area contributed by atoms with E-state index in [1.54, 1.807) is 18.2 Å². The second-order valence-electron chi connectivity index (χ2n) is 6.54. The van der Waals surface area contributed by atoms with Crippen LogP contribution in [0.5, 0.6) is 0 Å². The second-order valence-corrected chi connectivity index (χ2v) is 8.61. The van der Waals surface area contributed by atoms with Crippen LogP contribution in [0.3, 0.4) is 0 Å². The van der Waals surface area contributed by atoms with Gasteiger partial charge >= 0.3 is 0 Å². The Labute approximate surface area is 124 Å². The van der Waals surface area contributed by atoms with E-state index in [9.17, 15) is 18.3 Å². The first-order valence-corrected chi connectivity index (χ1v) is 8.51. The molecule has 1 saturated carbocycles. The summed E-state index contributed by atoms with van der Waals surface area (Å²) in [6, 6.07) is 7.98. The molecule has 1 aromatic carbocycles. The first-order chi connectivity index (χ1) is 9.75. The van der Waals surface area contributed by atoms with E-state index in [1.807, 2.05) is 13.8 Å². The smallest absolute Gasteiger partial charge is 0.189 e. The highest BCUT2D eigenvalue weighted by molar-refractivity contribution is 7.93. The summed E-state index contributed by atoms with van der Waals surface area (Å²) in [6.45, 7) is 3.79. The zero-order valence-electron chi connectivity index (χ0n) is 12.0. The fraction of sp³-hybridized carbons (Fsp3) is 0.438. The predicted octanol–water partition coefficient (Wildman–Crippen LogP) is 1.75. The highest BCUT2D eigenvalue weighted by Crippen LogP contribution is 2.51. The molecule has 1 N–H and O–H groups in total.